The van der Waals surface area contributed by atoms with E-state index >= 15 is 0 Å². The van der Waals surface area contributed by atoms with Crippen LogP contribution in [0, 0.1) is 12.8 Å². The van der Waals surface area contributed by atoms with Crippen molar-refractivity contribution >= 4 is 29.1 Å². The van der Waals surface area contributed by atoms with Crippen molar-refractivity contribution < 1.29 is 19.5 Å². The van der Waals surface area contributed by atoms with Crippen molar-refractivity contribution in [1.29, 1.82) is 0 Å². The Kier molecular flexibility index (Phi) is 6.58. The molecule has 0 radical (unpaired) electrons. The van der Waals surface area contributed by atoms with Gasteiger partial charge in [-0.1, -0.05) is 0 Å². The number of hydrogen-bond acceptors (Lipinski definition) is 6. The average Bonchev–Trinajstić information content (AvgIpc) is 3.13. The van der Waals surface area contributed by atoms with Crippen LogP contribution in [0.15, 0.2) is 24.5 Å². The fourth-order valence-electron chi connectivity index (χ4n) is 3.40. The van der Waals surface area contributed by atoms with Crippen LogP contribution in [0.3, 0.4) is 0 Å². The normalized spacial score (nSPS) is 16.5. The van der Waals surface area contributed by atoms with Crippen LogP contribution in [-0.4, -0.2) is 69.3 Å². The van der Waals surface area contributed by atoms with E-state index in [2.05, 4.69) is 9.97 Å². The van der Waals surface area contributed by atoms with Gasteiger partial charge in [-0.3, -0.25) is 19.4 Å². The smallest absolute Gasteiger partial charge is 0.305 e. The number of aryl methyl sites for hydroxylation is 1. The summed E-state index contributed by atoms with van der Waals surface area (Å²) in [5.41, 5.74) is 1.54. The van der Waals surface area contributed by atoms with Gasteiger partial charge in [-0.05, 0) is 31.9 Å². The number of carboxylic acids is 1. The van der Waals surface area contributed by atoms with Crippen LogP contribution in [0.5, 0.6) is 0 Å². The lowest BCUT2D eigenvalue weighted by atomic mass is 9.96. The Hall–Kier alpha value is -2.81. The van der Waals surface area contributed by atoms with Crippen LogP contribution in [0.2, 0.25) is 0 Å². The Labute approximate surface area is 173 Å². The molecule has 9 heteroatoms. The third-order valence-corrected chi connectivity index (χ3v) is 6.19. The number of carbonyl (C=O) groups is 3. The van der Waals surface area contributed by atoms with Gasteiger partial charge in [0.25, 0.3) is 5.91 Å². The summed E-state index contributed by atoms with van der Waals surface area (Å²) in [6.45, 7) is 2.92. The number of pyridine rings is 1. The van der Waals surface area contributed by atoms with Gasteiger partial charge in [-0.2, -0.15) is 0 Å². The highest BCUT2D eigenvalue weighted by molar-refractivity contribution is 7.17. The van der Waals surface area contributed by atoms with Crippen LogP contribution in [0.1, 0.15) is 34.6 Å². The van der Waals surface area contributed by atoms with E-state index in [1.54, 1.807) is 24.3 Å². The highest BCUT2D eigenvalue weighted by Gasteiger charge is 2.32. The molecule has 1 aliphatic heterocycles. The highest BCUT2D eigenvalue weighted by Crippen LogP contribution is 2.29. The van der Waals surface area contributed by atoms with Crippen LogP contribution < -0.4 is 0 Å². The molecule has 1 fully saturated rings. The number of amides is 2. The first kappa shape index (κ1) is 20.9. The molecule has 0 spiro atoms. The van der Waals surface area contributed by atoms with Gasteiger partial charge < -0.3 is 14.9 Å². The van der Waals surface area contributed by atoms with Crippen LogP contribution >= 0.6 is 11.3 Å². The zero-order valence-corrected chi connectivity index (χ0v) is 17.3. The molecule has 2 amide bonds. The lowest BCUT2D eigenvalue weighted by Gasteiger charge is -2.33. The van der Waals surface area contributed by atoms with E-state index in [0.717, 1.165) is 17.0 Å². The molecule has 3 rings (SSSR count). The third kappa shape index (κ3) is 4.97. The number of thiazole rings is 1. The Morgan fingerprint density at radius 3 is 2.86 bits per heavy atom. The van der Waals surface area contributed by atoms with Gasteiger partial charge in [-0.25, -0.2) is 4.98 Å². The molecule has 1 unspecified atom stereocenters. The average molecular weight is 417 g/mol. The van der Waals surface area contributed by atoms with Gasteiger partial charge in [0, 0.05) is 44.6 Å². The third-order valence-electron chi connectivity index (χ3n) is 4.99. The zero-order chi connectivity index (χ0) is 21.0. The summed E-state index contributed by atoms with van der Waals surface area (Å²) in [7, 11) is 1.61. The fourth-order valence-corrected chi connectivity index (χ4v) is 4.42. The summed E-state index contributed by atoms with van der Waals surface area (Å²) in [5, 5.41) is 9.55. The molecule has 29 heavy (non-hydrogen) atoms. The summed E-state index contributed by atoms with van der Waals surface area (Å²) in [4.78, 5) is 48.8. The van der Waals surface area contributed by atoms with Crippen LogP contribution in [0.4, 0.5) is 0 Å². The van der Waals surface area contributed by atoms with Gasteiger partial charge in [0.05, 0.1) is 18.0 Å². The van der Waals surface area contributed by atoms with E-state index in [-0.39, 0.29) is 30.7 Å². The van der Waals surface area contributed by atoms with Crippen molar-refractivity contribution in [2.75, 3.05) is 26.7 Å². The topological polar surface area (TPSA) is 104 Å². The number of carbonyl (C=O) groups excluding carboxylic acids is 2. The molecular weight excluding hydrogens is 392 g/mol. The molecule has 0 aromatic carbocycles. The fraction of sp³-hybridized carbons (Fsp3) is 0.450. The van der Waals surface area contributed by atoms with Crippen molar-refractivity contribution in [2.45, 2.75) is 26.2 Å². The monoisotopic (exact) mass is 416 g/mol. The first-order chi connectivity index (χ1) is 13.9. The molecule has 154 valence electrons. The predicted molar refractivity (Wildman–Crippen MR) is 109 cm³/mol. The standard InChI is InChI=1S/C20H24N4O4S/c1-13-17(29-18(22-13)14-5-3-8-21-11-14)20(28)24-9-4-6-15(12-24)19(27)23(2)10-7-16(25)26/h3,5,8,11,15H,4,6-7,9-10,12H2,1-2H3,(H,25,26). The summed E-state index contributed by atoms with van der Waals surface area (Å²) in [6.07, 6.45) is 4.75. The largest absolute Gasteiger partial charge is 0.481 e. The van der Waals surface area contributed by atoms with Crippen molar-refractivity contribution in [1.82, 2.24) is 19.8 Å². The van der Waals surface area contributed by atoms with E-state index in [1.807, 2.05) is 19.1 Å². The second-order valence-electron chi connectivity index (χ2n) is 7.17. The molecule has 1 atom stereocenters. The summed E-state index contributed by atoms with van der Waals surface area (Å²) < 4.78 is 0. The Bertz CT molecular complexity index is 899. The molecule has 2 aromatic heterocycles. The molecule has 1 aliphatic rings. The molecule has 0 saturated carbocycles. The summed E-state index contributed by atoms with van der Waals surface area (Å²) >= 11 is 1.34. The predicted octanol–water partition coefficient (Wildman–Crippen LogP) is 2.30. The highest BCUT2D eigenvalue weighted by atomic mass is 32.1. The number of aromatic nitrogens is 2. The van der Waals surface area contributed by atoms with Gasteiger partial charge in [0.1, 0.15) is 9.88 Å². The number of hydrogen-bond donors (Lipinski definition) is 1. The quantitative estimate of drug-likeness (QED) is 0.775. The molecule has 1 saturated heterocycles. The number of nitrogens with zero attached hydrogens (tertiary/aromatic N) is 4. The second kappa shape index (κ2) is 9.13. The first-order valence-electron chi connectivity index (χ1n) is 9.50. The van der Waals surface area contributed by atoms with E-state index < -0.39 is 5.97 Å². The minimum atomic E-state index is -0.935. The van der Waals surface area contributed by atoms with Crippen LogP contribution in [-0.2, 0) is 9.59 Å². The Balaban J connectivity index is 1.69. The summed E-state index contributed by atoms with van der Waals surface area (Å²) in [6, 6.07) is 3.73. The SMILES string of the molecule is Cc1nc(-c2cccnc2)sc1C(=O)N1CCCC(C(=O)N(C)CCC(=O)O)C1. The maximum absolute atomic E-state index is 13.1. The maximum Gasteiger partial charge on any atom is 0.305 e. The minimum absolute atomic E-state index is 0.0885. The van der Waals surface area contributed by atoms with Crippen molar-refractivity contribution in [3.8, 4) is 10.6 Å². The molecule has 0 bridgehead atoms. The van der Waals surface area contributed by atoms with E-state index in [1.165, 1.54) is 16.2 Å². The van der Waals surface area contributed by atoms with Gasteiger partial charge in [0.15, 0.2) is 0 Å². The van der Waals surface area contributed by atoms with Crippen molar-refractivity contribution in [3.05, 3.63) is 35.1 Å². The number of piperidine rings is 1. The van der Waals surface area contributed by atoms with Gasteiger partial charge in [0.2, 0.25) is 5.91 Å². The Morgan fingerprint density at radius 1 is 1.38 bits per heavy atom. The van der Waals surface area contributed by atoms with Crippen LogP contribution in [0.25, 0.3) is 10.6 Å². The van der Waals surface area contributed by atoms with Gasteiger partial charge in [-0.15, -0.1) is 11.3 Å². The molecule has 1 N–H and O–H groups in total. The molecule has 2 aromatic rings. The lowest BCUT2D eigenvalue weighted by Crippen LogP contribution is -2.46. The number of rotatable bonds is 6. The Morgan fingerprint density at radius 2 is 2.17 bits per heavy atom. The maximum atomic E-state index is 13.1. The number of likely N-dealkylation sites (tertiary alicyclic amines) is 1. The molecular formula is C20H24N4O4S. The van der Waals surface area contributed by atoms with Crippen molar-refractivity contribution in [3.63, 3.8) is 0 Å². The van der Waals surface area contributed by atoms with Gasteiger partial charge >= 0.3 is 5.97 Å². The lowest BCUT2D eigenvalue weighted by molar-refractivity contribution is -0.139. The zero-order valence-electron chi connectivity index (χ0n) is 16.5. The minimum Gasteiger partial charge on any atom is -0.481 e. The number of aliphatic carboxylic acids is 1. The second-order valence-corrected chi connectivity index (χ2v) is 8.17. The first-order valence-corrected chi connectivity index (χ1v) is 10.3. The molecule has 3 heterocycles. The van der Waals surface area contributed by atoms with E-state index in [0.29, 0.717) is 30.1 Å². The van der Waals surface area contributed by atoms with Crippen molar-refractivity contribution in [2.24, 2.45) is 5.92 Å². The van der Waals surface area contributed by atoms with E-state index in [9.17, 15) is 14.4 Å². The van der Waals surface area contributed by atoms with E-state index in [4.69, 9.17) is 5.11 Å². The molecule has 0 aliphatic carbocycles. The number of carboxylic acid groups (broad SMARTS) is 1. The summed E-state index contributed by atoms with van der Waals surface area (Å²) in [5.74, 6) is -1.46. The molecule has 8 nitrogen and oxygen atoms in total.